The van der Waals surface area contributed by atoms with E-state index in [4.69, 9.17) is 0 Å². The zero-order valence-electron chi connectivity index (χ0n) is 9.50. The summed E-state index contributed by atoms with van der Waals surface area (Å²) in [5, 5.41) is 5.57. The maximum Gasteiger partial charge on any atom is 0.265 e. The predicted molar refractivity (Wildman–Crippen MR) is 56.6 cm³/mol. The SMILES string of the molecule is CCCCN1N=CN(C(C)(C)C)C1F. The predicted octanol–water partition coefficient (Wildman–Crippen LogP) is 2.40. The van der Waals surface area contributed by atoms with Crippen molar-refractivity contribution in [3.8, 4) is 0 Å². The van der Waals surface area contributed by atoms with Crippen molar-refractivity contribution < 1.29 is 4.39 Å². The maximum atomic E-state index is 13.8. The minimum atomic E-state index is -1.10. The molecular formula is C10H20FN3. The molecule has 0 amide bonds. The number of alkyl halides is 1. The molecule has 0 N–H and O–H groups in total. The van der Waals surface area contributed by atoms with Gasteiger partial charge in [-0.2, -0.15) is 9.49 Å². The van der Waals surface area contributed by atoms with Crippen LogP contribution in [-0.4, -0.2) is 34.8 Å². The van der Waals surface area contributed by atoms with Crippen molar-refractivity contribution in [2.24, 2.45) is 5.10 Å². The van der Waals surface area contributed by atoms with Crippen LogP contribution in [0.15, 0.2) is 5.10 Å². The van der Waals surface area contributed by atoms with Crippen LogP contribution in [0.5, 0.6) is 0 Å². The van der Waals surface area contributed by atoms with Gasteiger partial charge < -0.3 is 4.90 Å². The van der Waals surface area contributed by atoms with Crippen LogP contribution in [0.1, 0.15) is 40.5 Å². The van der Waals surface area contributed by atoms with Gasteiger partial charge in [-0.3, -0.25) is 0 Å². The van der Waals surface area contributed by atoms with Crippen LogP contribution >= 0.6 is 0 Å². The van der Waals surface area contributed by atoms with E-state index in [1.807, 2.05) is 20.8 Å². The van der Waals surface area contributed by atoms with Crippen LogP contribution in [0.3, 0.4) is 0 Å². The maximum absolute atomic E-state index is 13.8. The second-order valence-electron chi connectivity index (χ2n) is 4.64. The minimum absolute atomic E-state index is 0.204. The third-order valence-corrected chi connectivity index (χ3v) is 2.32. The molecule has 0 spiro atoms. The highest BCUT2D eigenvalue weighted by Gasteiger charge is 2.34. The third-order valence-electron chi connectivity index (χ3n) is 2.32. The largest absolute Gasteiger partial charge is 0.308 e. The minimum Gasteiger partial charge on any atom is -0.308 e. The van der Waals surface area contributed by atoms with Crippen molar-refractivity contribution in [2.75, 3.05) is 6.54 Å². The Hall–Kier alpha value is -0.800. The van der Waals surface area contributed by atoms with E-state index in [-0.39, 0.29) is 5.54 Å². The molecule has 1 rings (SSSR count). The molecular weight excluding hydrogens is 181 g/mol. The third kappa shape index (κ3) is 2.36. The normalized spacial score (nSPS) is 22.2. The van der Waals surface area contributed by atoms with Gasteiger partial charge in [0.1, 0.15) is 6.34 Å². The van der Waals surface area contributed by atoms with Gasteiger partial charge in [0.05, 0.1) is 0 Å². The zero-order chi connectivity index (χ0) is 10.8. The van der Waals surface area contributed by atoms with E-state index < -0.39 is 6.42 Å². The highest BCUT2D eigenvalue weighted by atomic mass is 19.1. The molecule has 0 aromatic heterocycles. The fourth-order valence-electron chi connectivity index (χ4n) is 1.35. The van der Waals surface area contributed by atoms with Crippen LogP contribution < -0.4 is 0 Å². The van der Waals surface area contributed by atoms with Gasteiger partial charge in [-0.05, 0) is 27.2 Å². The number of hydrogen-bond acceptors (Lipinski definition) is 3. The van der Waals surface area contributed by atoms with Gasteiger partial charge in [-0.25, -0.2) is 5.01 Å². The van der Waals surface area contributed by atoms with E-state index in [1.54, 1.807) is 11.2 Å². The molecule has 1 unspecified atom stereocenters. The summed E-state index contributed by atoms with van der Waals surface area (Å²) in [7, 11) is 0. The lowest BCUT2D eigenvalue weighted by molar-refractivity contribution is -0.0223. The Balaban J connectivity index is 2.52. The summed E-state index contributed by atoms with van der Waals surface area (Å²) in [6.07, 6.45) is 2.55. The fraction of sp³-hybridized carbons (Fsp3) is 0.900. The molecule has 0 radical (unpaired) electrons. The Morgan fingerprint density at radius 2 is 2.07 bits per heavy atom. The number of rotatable bonds is 3. The summed E-state index contributed by atoms with van der Waals surface area (Å²) in [5.74, 6) is 0. The van der Waals surface area contributed by atoms with Gasteiger partial charge in [-0.15, -0.1) is 0 Å². The monoisotopic (exact) mass is 201 g/mol. The number of hydrogen-bond donors (Lipinski definition) is 0. The van der Waals surface area contributed by atoms with E-state index in [9.17, 15) is 4.39 Å². The molecule has 3 nitrogen and oxygen atoms in total. The summed E-state index contributed by atoms with van der Waals surface area (Å²) < 4.78 is 13.8. The van der Waals surface area contributed by atoms with Gasteiger partial charge >= 0.3 is 0 Å². The number of hydrazone groups is 1. The van der Waals surface area contributed by atoms with Crippen LogP contribution in [0.4, 0.5) is 4.39 Å². The van der Waals surface area contributed by atoms with Crippen molar-refractivity contribution in [3.63, 3.8) is 0 Å². The molecule has 1 heterocycles. The van der Waals surface area contributed by atoms with E-state index in [1.165, 1.54) is 5.01 Å². The van der Waals surface area contributed by atoms with Crippen molar-refractivity contribution in [1.82, 2.24) is 9.91 Å². The highest BCUT2D eigenvalue weighted by molar-refractivity contribution is 5.57. The summed E-state index contributed by atoms with van der Waals surface area (Å²) in [6.45, 7) is 8.73. The molecule has 0 saturated heterocycles. The summed E-state index contributed by atoms with van der Waals surface area (Å²) in [4.78, 5) is 1.64. The summed E-state index contributed by atoms with van der Waals surface area (Å²) in [6, 6.07) is 0. The van der Waals surface area contributed by atoms with Crippen molar-refractivity contribution in [3.05, 3.63) is 0 Å². The van der Waals surface area contributed by atoms with Gasteiger partial charge in [0.2, 0.25) is 0 Å². The molecule has 82 valence electrons. The smallest absolute Gasteiger partial charge is 0.265 e. The zero-order valence-corrected chi connectivity index (χ0v) is 9.50. The standard InChI is InChI=1S/C10H20FN3/c1-5-6-7-14-9(11)13(8-12-14)10(2,3)4/h8-9H,5-7H2,1-4H3. The van der Waals surface area contributed by atoms with E-state index >= 15 is 0 Å². The summed E-state index contributed by atoms with van der Waals surface area (Å²) >= 11 is 0. The van der Waals surface area contributed by atoms with Gasteiger partial charge in [0.25, 0.3) is 6.42 Å². The Morgan fingerprint density at radius 3 is 2.50 bits per heavy atom. The average Bonchev–Trinajstić information content (AvgIpc) is 2.42. The molecule has 0 aliphatic carbocycles. The highest BCUT2D eigenvalue weighted by Crippen LogP contribution is 2.23. The molecule has 14 heavy (non-hydrogen) atoms. The molecule has 0 saturated carbocycles. The topological polar surface area (TPSA) is 18.8 Å². The Morgan fingerprint density at radius 1 is 1.43 bits per heavy atom. The fourth-order valence-corrected chi connectivity index (χ4v) is 1.35. The molecule has 0 aromatic rings. The first kappa shape index (κ1) is 11.3. The Bertz CT molecular complexity index is 210. The lowest BCUT2D eigenvalue weighted by Gasteiger charge is -2.34. The first-order valence-corrected chi connectivity index (χ1v) is 5.20. The molecule has 0 fully saturated rings. The van der Waals surface area contributed by atoms with Crippen molar-refractivity contribution >= 4 is 6.34 Å². The van der Waals surface area contributed by atoms with Crippen LogP contribution in [-0.2, 0) is 0 Å². The van der Waals surface area contributed by atoms with E-state index in [0.717, 1.165) is 12.8 Å². The molecule has 1 atom stereocenters. The van der Waals surface area contributed by atoms with Crippen LogP contribution in [0, 0.1) is 0 Å². The van der Waals surface area contributed by atoms with Crippen molar-refractivity contribution in [2.45, 2.75) is 52.5 Å². The second kappa shape index (κ2) is 4.15. The lowest BCUT2D eigenvalue weighted by Crippen LogP contribution is -2.47. The van der Waals surface area contributed by atoms with E-state index in [0.29, 0.717) is 6.54 Å². The Kier molecular flexibility index (Phi) is 3.34. The van der Waals surface area contributed by atoms with Crippen molar-refractivity contribution in [1.29, 1.82) is 0 Å². The first-order valence-electron chi connectivity index (χ1n) is 5.20. The molecule has 0 aromatic carbocycles. The van der Waals surface area contributed by atoms with Crippen LogP contribution in [0.25, 0.3) is 0 Å². The van der Waals surface area contributed by atoms with Gasteiger partial charge in [-0.1, -0.05) is 13.3 Å². The van der Waals surface area contributed by atoms with Gasteiger partial charge in [0, 0.05) is 12.1 Å². The number of halogens is 1. The average molecular weight is 201 g/mol. The van der Waals surface area contributed by atoms with Crippen LogP contribution in [0.2, 0.25) is 0 Å². The van der Waals surface area contributed by atoms with Gasteiger partial charge in [0.15, 0.2) is 0 Å². The summed E-state index contributed by atoms with van der Waals surface area (Å²) in [5.41, 5.74) is -0.204. The quantitative estimate of drug-likeness (QED) is 0.653. The molecule has 0 bridgehead atoms. The number of unbranched alkanes of at least 4 members (excludes halogenated alkanes) is 1. The second-order valence-corrected chi connectivity index (χ2v) is 4.64. The number of nitrogens with zero attached hydrogens (tertiary/aromatic N) is 3. The lowest BCUT2D eigenvalue weighted by atomic mass is 10.1. The molecule has 1 aliphatic heterocycles. The Labute approximate surface area is 85.6 Å². The van der Waals surface area contributed by atoms with E-state index in [2.05, 4.69) is 12.0 Å². The first-order chi connectivity index (χ1) is 6.46. The molecule has 1 aliphatic rings. The molecule has 4 heteroatoms.